The third-order valence-corrected chi connectivity index (χ3v) is 5.77. The Kier molecular flexibility index (Phi) is 10.8. The Morgan fingerprint density at radius 1 is 1.26 bits per heavy atom. The van der Waals surface area contributed by atoms with Crippen LogP contribution in [0, 0.1) is 0 Å². The van der Waals surface area contributed by atoms with Crippen molar-refractivity contribution in [3.8, 4) is 0 Å². The number of hydrogen-bond donors (Lipinski definition) is 2. The van der Waals surface area contributed by atoms with E-state index in [1.54, 1.807) is 34.0 Å². The number of likely N-dealkylation sites (N-methyl/N-ethyl adjacent to an activating group) is 1. The second-order valence-electron chi connectivity index (χ2n) is 8.13. The molecule has 0 bridgehead atoms. The standard InChI is InChI=1S/C22H33N5O4.CH2O2/c1-4-9-18-21(29)25(12-8-13-31-3)15-19-26(18)20(28)16-24(2)27(19)22(30)23-14-17-10-6-5-7-11-17;2-1-3/h5-7,10-11,18-19H,4,8-9,12-16H2,1-3H3,(H,23,30);1H,(H,2,3)/t18?,19-;/m0./s1. The predicted molar refractivity (Wildman–Crippen MR) is 124 cm³/mol. The molecule has 11 heteroatoms. The zero-order valence-corrected chi connectivity index (χ0v) is 20.1. The number of carbonyl (C=O) groups excluding carboxylic acids is 3. The van der Waals surface area contributed by atoms with Gasteiger partial charge in [-0.2, -0.15) is 0 Å². The van der Waals surface area contributed by atoms with Crippen molar-refractivity contribution in [3.05, 3.63) is 35.9 Å². The van der Waals surface area contributed by atoms with Crippen LogP contribution >= 0.6 is 0 Å². The van der Waals surface area contributed by atoms with Crippen molar-refractivity contribution in [2.75, 3.05) is 40.4 Å². The molecule has 0 aliphatic carbocycles. The fraction of sp³-hybridized carbons (Fsp3) is 0.565. The highest BCUT2D eigenvalue weighted by atomic mass is 16.5. The summed E-state index contributed by atoms with van der Waals surface area (Å²) in [6.07, 6.45) is 1.52. The van der Waals surface area contributed by atoms with E-state index in [2.05, 4.69) is 5.32 Å². The van der Waals surface area contributed by atoms with Crippen molar-refractivity contribution in [2.45, 2.75) is 44.9 Å². The molecular weight excluding hydrogens is 442 g/mol. The minimum Gasteiger partial charge on any atom is -0.483 e. The number of benzene rings is 1. The lowest BCUT2D eigenvalue weighted by atomic mass is 10.0. The molecule has 0 saturated carbocycles. The zero-order valence-electron chi connectivity index (χ0n) is 20.1. The van der Waals surface area contributed by atoms with Crippen molar-refractivity contribution < 1.29 is 29.0 Å². The Balaban J connectivity index is 0.00000129. The smallest absolute Gasteiger partial charge is 0.334 e. The van der Waals surface area contributed by atoms with Gasteiger partial charge < -0.3 is 25.0 Å². The van der Waals surface area contributed by atoms with Crippen molar-refractivity contribution in [1.29, 1.82) is 0 Å². The molecule has 0 aromatic heterocycles. The van der Waals surface area contributed by atoms with E-state index < -0.39 is 12.2 Å². The zero-order chi connectivity index (χ0) is 25.1. The molecule has 4 amide bonds. The lowest BCUT2D eigenvalue weighted by Crippen LogP contribution is -2.75. The van der Waals surface area contributed by atoms with Gasteiger partial charge in [0, 0.05) is 33.9 Å². The molecule has 2 saturated heterocycles. The van der Waals surface area contributed by atoms with Gasteiger partial charge in [-0.05, 0) is 18.4 Å². The van der Waals surface area contributed by atoms with Gasteiger partial charge in [0.25, 0.3) is 6.47 Å². The highest BCUT2D eigenvalue weighted by Gasteiger charge is 2.50. The van der Waals surface area contributed by atoms with Crippen LogP contribution < -0.4 is 5.32 Å². The van der Waals surface area contributed by atoms with Crippen LogP contribution in [0.4, 0.5) is 4.79 Å². The average molecular weight is 478 g/mol. The topological polar surface area (TPSA) is 123 Å². The summed E-state index contributed by atoms with van der Waals surface area (Å²) in [6.45, 7) is 3.58. The molecule has 2 fully saturated rings. The van der Waals surface area contributed by atoms with E-state index >= 15 is 0 Å². The summed E-state index contributed by atoms with van der Waals surface area (Å²) in [6, 6.07) is 8.85. The Morgan fingerprint density at radius 3 is 2.56 bits per heavy atom. The van der Waals surface area contributed by atoms with Gasteiger partial charge in [-0.3, -0.25) is 14.4 Å². The molecule has 2 heterocycles. The van der Waals surface area contributed by atoms with Crippen LogP contribution in [0.25, 0.3) is 0 Å². The number of methoxy groups -OCH3 is 1. The Labute approximate surface area is 200 Å². The molecule has 1 aromatic rings. The normalized spacial score (nSPS) is 20.4. The van der Waals surface area contributed by atoms with Gasteiger partial charge in [0.1, 0.15) is 12.2 Å². The summed E-state index contributed by atoms with van der Waals surface area (Å²) >= 11 is 0. The average Bonchev–Trinajstić information content (AvgIpc) is 2.81. The molecule has 0 radical (unpaired) electrons. The van der Waals surface area contributed by atoms with E-state index in [-0.39, 0.29) is 37.4 Å². The van der Waals surface area contributed by atoms with E-state index in [0.29, 0.717) is 32.5 Å². The van der Waals surface area contributed by atoms with Crippen LogP contribution in [0.5, 0.6) is 0 Å². The lowest BCUT2D eigenvalue weighted by Gasteiger charge is -2.54. The monoisotopic (exact) mass is 477 g/mol. The van der Waals surface area contributed by atoms with Gasteiger partial charge in [0.05, 0.1) is 13.1 Å². The molecule has 11 nitrogen and oxygen atoms in total. The van der Waals surface area contributed by atoms with Crippen LogP contribution in [-0.4, -0.2) is 102 Å². The predicted octanol–water partition coefficient (Wildman–Crippen LogP) is 0.962. The van der Waals surface area contributed by atoms with Crippen LogP contribution in [0.1, 0.15) is 31.7 Å². The Morgan fingerprint density at radius 2 is 1.94 bits per heavy atom. The number of rotatable bonds is 8. The summed E-state index contributed by atoms with van der Waals surface area (Å²) in [4.78, 5) is 51.0. The second kappa shape index (κ2) is 13.5. The summed E-state index contributed by atoms with van der Waals surface area (Å²) in [5, 5.41) is 13.1. The molecule has 1 aromatic carbocycles. The highest BCUT2D eigenvalue weighted by molar-refractivity contribution is 5.91. The van der Waals surface area contributed by atoms with E-state index in [4.69, 9.17) is 14.6 Å². The van der Waals surface area contributed by atoms with Gasteiger partial charge in [0.2, 0.25) is 11.8 Å². The molecule has 188 valence electrons. The van der Waals surface area contributed by atoms with Gasteiger partial charge in [0.15, 0.2) is 0 Å². The van der Waals surface area contributed by atoms with Crippen molar-refractivity contribution in [1.82, 2.24) is 25.1 Å². The van der Waals surface area contributed by atoms with Gasteiger partial charge in [-0.25, -0.2) is 14.8 Å². The quantitative estimate of drug-likeness (QED) is 0.422. The van der Waals surface area contributed by atoms with Crippen molar-refractivity contribution in [2.24, 2.45) is 0 Å². The number of hydrazine groups is 1. The first-order valence-corrected chi connectivity index (χ1v) is 11.4. The number of fused-ring (bicyclic) bond motifs is 1. The molecule has 3 rings (SSSR count). The van der Waals surface area contributed by atoms with Crippen molar-refractivity contribution >= 4 is 24.3 Å². The van der Waals surface area contributed by atoms with Gasteiger partial charge in [-0.1, -0.05) is 43.7 Å². The fourth-order valence-electron chi connectivity index (χ4n) is 4.31. The van der Waals surface area contributed by atoms with E-state index in [0.717, 1.165) is 12.0 Å². The first-order chi connectivity index (χ1) is 16.4. The number of urea groups is 1. The Hall–Kier alpha value is -3.18. The number of piperazine rings is 1. The molecule has 2 aliphatic heterocycles. The summed E-state index contributed by atoms with van der Waals surface area (Å²) in [5.74, 6) is -0.167. The van der Waals surface area contributed by atoms with Gasteiger partial charge in [-0.15, -0.1) is 0 Å². The molecule has 0 spiro atoms. The molecule has 34 heavy (non-hydrogen) atoms. The van der Waals surface area contributed by atoms with Crippen LogP contribution in [0.3, 0.4) is 0 Å². The third kappa shape index (κ3) is 6.67. The van der Waals surface area contributed by atoms with Crippen molar-refractivity contribution in [3.63, 3.8) is 0 Å². The first-order valence-electron chi connectivity index (χ1n) is 11.4. The molecule has 2 N–H and O–H groups in total. The minimum absolute atomic E-state index is 0.0447. The largest absolute Gasteiger partial charge is 0.483 e. The molecule has 1 unspecified atom stereocenters. The number of hydrogen-bond acceptors (Lipinski definition) is 6. The first kappa shape index (κ1) is 27.1. The van der Waals surface area contributed by atoms with E-state index in [9.17, 15) is 14.4 Å². The van der Waals surface area contributed by atoms with Crippen LogP contribution in [0.2, 0.25) is 0 Å². The van der Waals surface area contributed by atoms with Crippen LogP contribution in [0.15, 0.2) is 30.3 Å². The SMILES string of the molecule is CCCC1C(=O)N(CCCOC)C[C@H]2N1C(=O)CN(C)N2C(=O)NCc1ccccc1.O=CO. The number of carbonyl (C=O) groups is 4. The van der Waals surface area contributed by atoms with E-state index in [1.165, 1.54) is 0 Å². The summed E-state index contributed by atoms with van der Waals surface area (Å²) < 4.78 is 5.13. The lowest BCUT2D eigenvalue weighted by molar-refractivity contribution is -0.187. The number of carboxylic acid groups (broad SMARTS) is 1. The second-order valence-corrected chi connectivity index (χ2v) is 8.13. The third-order valence-electron chi connectivity index (χ3n) is 5.77. The minimum atomic E-state index is -0.545. The molecular formula is C23H35N5O6. The Bertz CT molecular complexity index is 823. The summed E-state index contributed by atoms with van der Waals surface area (Å²) in [7, 11) is 3.37. The number of amides is 4. The fourth-order valence-corrected chi connectivity index (χ4v) is 4.31. The highest BCUT2D eigenvalue weighted by Crippen LogP contribution is 2.28. The van der Waals surface area contributed by atoms with Crippen LogP contribution in [-0.2, 0) is 25.7 Å². The number of nitrogens with zero attached hydrogens (tertiary/aromatic N) is 4. The maximum Gasteiger partial charge on any atom is 0.334 e. The maximum absolute atomic E-state index is 13.2. The maximum atomic E-state index is 13.2. The molecule has 2 aliphatic rings. The summed E-state index contributed by atoms with van der Waals surface area (Å²) in [5.41, 5.74) is 0.993. The number of nitrogens with one attached hydrogen (secondary N) is 1. The molecule has 2 atom stereocenters. The van der Waals surface area contributed by atoms with Gasteiger partial charge >= 0.3 is 6.03 Å². The van der Waals surface area contributed by atoms with E-state index in [1.807, 2.05) is 37.3 Å². The number of ether oxygens (including phenoxy) is 1.